The Kier molecular flexibility index (Phi) is 1.39. The maximum Gasteiger partial charge on any atom is 0.152 e. The molecule has 1 aromatic heterocycles. The van der Waals surface area contributed by atoms with Gasteiger partial charge in [0.15, 0.2) is 5.82 Å². The van der Waals surface area contributed by atoms with E-state index in [0.717, 1.165) is 11.5 Å². The third-order valence-corrected chi connectivity index (χ3v) is 1.80. The van der Waals surface area contributed by atoms with Gasteiger partial charge in [-0.15, -0.1) is 0 Å². The zero-order valence-corrected chi connectivity index (χ0v) is 6.81. The number of pyridine rings is 1. The van der Waals surface area contributed by atoms with Crippen molar-refractivity contribution in [1.82, 2.24) is 4.98 Å². The molecule has 0 radical (unpaired) electrons. The highest BCUT2D eigenvalue weighted by Crippen LogP contribution is 2.27. The summed E-state index contributed by atoms with van der Waals surface area (Å²) in [4.78, 5) is 4.10. The van der Waals surface area contributed by atoms with E-state index in [0.29, 0.717) is 5.15 Å². The second-order valence-corrected chi connectivity index (χ2v) is 2.93. The molecule has 0 aromatic carbocycles. The van der Waals surface area contributed by atoms with Crippen LogP contribution in [0.25, 0.3) is 0 Å². The topological polar surface area (TPSA) is 37.0 Å². The number of fused-ring (bicyclic) bond motifs is 1. The van der Waals surface area contributed by atoms with Gasteiger partial charge in [0.2, 0.25) is 0 Å². The second-order valence-electron chi connectivity index (χ2n) is 2.54. The average Bonchev–Trinajstić information content (AvgIpc) is 2.27. The summed E-state index contributed by atoms with van der Waals surface area (Å²) in [7, 11) is 0. The molecule has 0 saturated carbocycles. The molecule has 2 rings (SSSR count). The molecule has 0 saturated heterocycles. The first-order valence-corrected chi connectivity index (χ1v) is 3.83. The molecule has 0 aliphatic carbocycles. The number of anilines is 2. The molecule has 1 aliphatic rings. The van der Waals surface area contributed by atoms with E-state index < -0.39 is 0 Å². The first-order chi connectivity index (χ1) is 5.25. The van der Waals surface area contributed by atoms with Crippen LogP contribution in [-0.2, 0) is 0 Å². The summed E-state index contributed by atoms with van der Waals surface area (Å²) >= 11 is 5.69. The summed E-state index contributed by atoms with van der Waals surface area (Å²) in [5, 5.41) is 6.84. The van der Waals surface area contributed by atoms with E-state index in [1.54, 1.807) is 6.07 Å². The van der Waals surface area contributed by atoms with Crippen molar-refractivity contribution >= 4 is 23.1 Å². The molecule has 3 nitrogen and oxygen atoms in total. The monoisotopic (exact) mass is 169 g/mol. The molecular weight excluding hydrogens is 162 g/mol. The van der Waals surface area contributed by atoms with Crippen LogP contribution in [0.4, 0.5) is 11.5 Å². The van der Waals surface area contributed by atoms with Gasteiger partial charge in [-0.25, -0.2) is 4.98 Å². The summed E-state index contributed by atoms with van der Waals surface area (Å²) in [5.41, 5.74) is 1.02. The van der Waals surface area contributed by atoms with Gasteiger partial charge in [-0.05, 0) is 19.1 Å². The molecule has 1 aromatic rings. The molecule has 2 heterocycles. The standard InChI is InChI=1S/C7H8ClN3/c1-4-9-5-2-3-6(8)11-7(5)10-4/h2-4,9H,1H3,(H,10,11). The fraction of sp³-hybridized carbons (Fsp3) is 0.286. The van der Waals surface area contributed by atoms with E-state index in [1.807, 2.05) is 13.0 Å². The van der Waals surface area contributed by atoms with E-state index in [1.165, 1.54) is 0 Å². The lowest BCUT2D eigenvalue weighted by molar-refractivity contribution is 0.951. The summed E-state index contributed by atoms with van der Waals surface area (Å²) in [6.07, 6.45) is 0.246. The highest BCUT2D eigenvalue weighted by molar-refractivity contribution is 6.29. The molecule has 1 atom stereocenters. The summed E-state index contributed by atoms with van der Waals surface area (Å²) in [5.74, 6) is 0.838. The molecule has 0 bridgehead atoms. The lowest BCUT2D eigenvalue weighted by Crippen LogP contribution is -2.16. The molecule has 1 unspecified atom stereocenters. The molecular formula is C7H8ClN3. The van der Waals surface area contributed by atoms with Gasteiger partial charge in [0, 0.05) is 0 Å². The van der Waals surface area contributed by atoms with E-state index in [2.05, 4.69) is 15.6 Å². The lowest BCUT2D eigenvalue weighted by atomic mass is 10.4. The van der Waals surface area contributed by atoms with Crippen LogP contribution in [0, 0.1) is 0 Å². The Morgan fingerprint density at radius 3 is 3.09 bits per heavy atom. The van der Waals surface area contributed by atoms with Crippen molar-refractivity contribution in [2.45, 2.75) is 13.1 Å². The van der Waals surface area contributed by atoms with Gasteiger partial charge in [0.25, 0.3) is 0 Å². The van der Waals surface area contributed by atoms with Crippen LogP contribution in [0.3, 0.4) is 0 Å². The number of hydrogen-bond acceptors (Lipinski definition) is 3. The Bertz CT molecular complexity index is 287. The highest BCUT2D eigenvalue weighted by Gasteiger charge is 2.15. The van der Waals surface area contributed by atoms with Gasteiger partial charge in [-0.2, -0.15) is 0 Å². The molecule has 11 heavy (non-hydrogen) atoms. The first-order valence-electron chi connectivity index (χ1n) is 3.45. The third kappa shape index (κ3) is 1.12. The van der Waals surface area contributed by atoms with Crippen molar-refractivity contribution in [2.24, 2.45) is 0 Å². The Morgan fingerprint density at radius 1 is 1.45 bits per heavy atom. The van der Waals surface area contributed by atoms with Gasteiger partial charge in [0.05, 0.1) is 11.9 Å². The summed E-state index contributed by atoms with van der Waals surface area (Å²) in [6.45, 7) is 2.02. The predicted molar refractivity (Wildman–Crippen MR) is 46.0 cm³/mol. The van der Waals surface area contributed by atoms with Crippen molar-refractivity contribution in [3.05, 3.63) is 17.3 Å². The summed E-state index contributed by atoms with van der Waals surface area (Å²) < 4.78 is 0. The minimum atomic E-state index is 0.246. The number of nitrogens with zero attached hydrogens (tertiary/aromatic N) is 1. The van der Waals surface area contributed by atoms with Crippen molar-refractivity contribution < 1.29 is 0 Å². The number of halogens is 1. The number of aromatic nitrogens is 1. The predicted octanol–water partition coefficient (Wildman–Crippen LogP) is 1.92. The molecule has 2 N–H and O–H groups in total. The van der Waals surface area contributed by atoms with Crippen LogP contribution >= 0.6 is 11.6 Å². The maximum atomic E-state index is 5.69. The third-order valence-electron chi connectivity index (χ3n) is 1.59. The minimum absolute atomic E-state index is 0.246. The second kappa shape index (κ2) is 2.27. The molecule has 4 heteroatoms. The van der Waals surface area contributed by atoms with Gasteiger partial charge < -0.3 is 10.6 Å². The average molecular weight is 170 g/mol. The fourth-order valence-electron chi connectivity index (χ4n) is 1.14. The molecule has 0 spiro atoms. The maximum absolute atomic E-state index is 5.69. The summed E-state index contributed by atoms with van der Waals surface area (Å²) in [6, 6.07) is 3.69. The number of nitrogens with one attached hydrogen (secondary N) is 2. The quantitative estimate of drug-likeness (QED) is 0.583. The molecule has 1 aliphatic heterocycles. The normalized spacial score (nSPS) is 20.4. The zero-order chi connectivity index (χ0) is 7.84. The number of hydrogen-bond donors (Lipinski definition) is 2. The Hall–Kier alpha value is -0.960. The van der Waals surface area contributed by atoms with Gasteiger partial charge in [-0.1, -0.05) is 11.6 Å². The zero-order valence-electron chi connectivity index (χ0n) is 6.06. The van der Waals surface area contributed by atoms with E-state index >= 15 is 0 Å². The van der Waals surface area contributed by atoms with E-state index in [-0.39, 0.29) is 6.17 Å². The van der Waals surface area contributed by atoms with E-state index in [4.69, 9.17) is 11.6 Å². The minimum Gasteiger partial charge on any atom is -0.363 e. The van der Waals surface area contributed by atoms with E-state index in [9.17, 15) is 0 Å². The molecule has 0 amide bonds. The Balaban J connectivity index is 2.43. The van der Waals surface area contributed by atoms with Crippen LogP contribution in [-0.4, -0.2) is 11.1 Å². The van der Waals surface area contributed by atoms with Crippen LogP contribution in [0.5, 0.6) is 0 Å². The van der Waals surface area contributed by atoms with Crippen molar-refractivity contribution in [1.29, 1.82) is 0 Å². The highest BCUT2D eigenvalue weighted by atomic mass is 35.5. The van der Waals surface area contributed by atoms with Crippen molar-refractivity contribution in [2.75, 3.05) is 10.6 Å². The first kappa shape index (κ1) is 6.73. The van der Waals surface area contributed by atoms with Crippen LogP contribution in [0.2, 0.25) is 5.15 Å². The lowest BCUT2D eigenvalue weighted by Gasteiger charge is -2.00. The van der Waals surface area contributed by atoms with Crippen molar-refractivity contribution in [3.8, 4) is 0 Å². The molecule has 0 fully saturated rings. The smallest absolute Gasteiger partial charge is 0.152 e. The Morgan fingerprint density at radius 2 is 2.27 bits per heavy atom. The van der Waals surface area contributed by atoms with Gasteiger partial charge in [-0.3, -0.25) is 0 Å². The fourth-order valence-corrected chi connectivity index (χ4v) is 1.28. The van der Waals surface area contributed by atoms with Crippen LogP contribution < -0.4 is 10.6 Å². The Labute approximate surface area is 69.8 Å². The van der Waals surface area contributed by atoms with Crippen molar-refractivity contribution in [3.63, 3.8) is 0 Å². The van der Waals surface area contributed by atoms with Gasteiger partial charge >= 0.3 is 0 Å². The van der Waals surface area contributed by atoms with Crippen LogP contribution in [0.1, 0.15) is 6.92 Å². The molecule has 58 valence electrons. The number of rotatable bonds is 0. The van der Waals surface area contributed by atoms with Gasteiger partial charge in [0.1, 0.15) is 5.15 Å². The SMILES string of the molecule is CC1Nc2ccc(Cl)nc2N1. The van der Waals surface area contributed by atoms with Crippen LogP contribution in [0.15, 0.2) is 12.1 Å². The largest absolute Gasteiger partial charge is 0.363 e.